The van der Waals surface area contributed by atoms with Crippen LogP contribution in [0.4, 0.5) is 0 Å². The molecule has 1 aromatic heterocycles. The van der Waals surface area contributed by atoms with Gasteiger partial charge in [-0.2, -0.15) is 5.26 Å². The van der Waals surface area contributed by atoms with Gasteiger partial charge in [-0.3, -0.25) is 9.78 Å². The quantitative estimate of drug-likeness (QED) is 0.851. The third kappa shape index (κ3) is 2.46. The summed E-state index contributed by atoms with van der Waals surface area (Å²) in [6.07, 6.45) is 2.75. The zero-order valence-electron chi connectivity index (χ0n) is 14.7. The standard InChI is InChI=1S/C21H19N3O2/c1-21(2)9-16(25)19-17(10-21)26-20(23)14(11-22)18(19)13-7-8-24-15-6-4-3-5-12(13)15/h3-8,18H,9-10,23H2,1-2H3/t18-/m0/s1. The molecule has 2 heterocycles. The molecule has 2 aliphatic rings. The Kier molecular flexibility index (Phi) is 3.58. The van der Waals surface area contributed by atoms with E-state index in [-0.39, 0.29) is 22.7 Å². The number of nitrogens with two attached hydrogens (primary N) is 1. The molecule has 2 N–H and O–H groups in total. The summed E-state index contributed by atoms with van der Waals surface area (Å²) in [4.78, 5) is 17.4. The SMILES string of the molecule is CC1(C)CC(=O)C2=C(C1)OC(N)=C(C#N)[C@@H]2c1ccnc2ccccc12. The Morgan fingerprint density at radius 2 is 2.04 bits per heavy atom. The highest BCUT2D eigenvalue weighted by atomic mass is 16.5. The number of aromatic nitrogens is 1. The monoisotopic (exact) mass is 345 g/mol. The molecular weight excluding hydrogens is 326 g/mol. The number of Topliss-reactive ketones (excluding diaryl/α,β-unsaturated/α-hetero) is 1. The normalized spacial score (nSPS) is 22.0. The van der Waals surface area contributed by atoms with Gasteiger partial charge in [-0.25, -0.2) is 0 Å². The van der Waals surface area contributed by atoms with Crippen LogP contribution < -0.4 is 5.73 Å². The fourth-order valence-electron chi connectivity index (χ4n) is 3.97. The van der Waals surface area contributed by atoms with E-state index in [1.807, 2.05) is 44.2 Å². The summed E-state index contributed by atoms with van der Waals surface area (Å²) in [5.74, 6) is 0.180. The third-order valence-electron chi connectivity index (χ3n) is 5.07. The molecule has 130 valence electrons. The number of benzene rings is 1. The molecule has 5 heteroatoms. The van der Waals surface area contributed by atoms with Crippen LogP contribution in [-0.4, -0.2) is 10.8 Å². The van der Waals surface area contributed by atoms with Gasteiger partial charge in [-0.15, -0.1) is 0 Å². The van der Waals surface area contributed by atoms with Crippen LogP contribution >= 0.6 is 0 Å². The van der Waals surface area contributed by atoms with Crippen LogP contribution in [0.1, 0.15) is 38.2 Å². The number of nitriles is 1. The predicted octanol–water partition coefficient (Wildman–Crippen LogP) is 3.69. The van der Waals surface area contributed by atoms with Gasteiger partial charge in [0.2, 0.25) is 5.88 Å². The highest BCUT2D eigenvalue weighted by molar-refractivity contribution is 6.01. The molecule has 1 atom stereocenters. The minimum absolute atomic E-state index is 0.0161. The number of rotatable bonds is 1. The van der Waals surface area contributed by atoms with Crippen molar-refractivity contribution in [1.82, 2.24) is 4.98 Å². The second-order valence-electron chi connectivity index (χ2n) is 7.62. The number of hydrogen-bond donors (Lipinski definition) is 1. The number of hydrogen-bond acceptors (Lipinski definition) is 5. The molecule has 4 rings (SSSR count). The van der Waals surface area contributed by atoms with E-state index in [9.17, 15) is 10.1 Å². The summed E-state index contributed by atoms with van der Waals surface area (Å²) < 4.78 is 5.74. The Balaban J connectivity index is 1.99. The first-order chi connectivity index (χ1) is 12.4. The first-order valence-corrected chi connectivity index (χ1v) is 8.59. The molecule has 0 amide bonds. The van der Waals surface area contributed by atoms with Crippen LogP contribution in [0.25, 0.3) is 10.9 Å². The van der Waals surface area contributed by atoms with E-state index < -0.39 is 5.92 Å². The second kappa shape index (κ2) is 5.70. The van der Waals surface area contributed by atoms with Crippen LogP contribution in [0.3, 0.4) is 0 Å². The van der Waals surface area contributed by atoms with Crippen molar-refractivity contribution < 1.29 is 9.53 Å². The topological polar surface area (TPSA) is 89.0 Å². The van der Waals surface area contributed by atoms with Crippen molar-refractivity contribution in [2.24, 2.45) is 11.1 Å². The summed E-state index contributed by atoms with van der Waals surface area (Å²) in [6.45, 7) is 4.07. The van der Waals surface area contributed by atoms with Gasteiger partial charge in [0.05, 0.1) is 11.4 Å². The first kappa shape index (κ1) is 16.3. The predicted molar refractivity (Wildman–Crippen MR) is 97.4 cm³/mol. The first-order valence-electron chi connectivity index (χ1n) is 8.59. The van der Waals surface area contributed by atoms with E-state index in [1.165, 1.54) is 0 Å². The molecule has 5 nitrogen and oxygen atoms in total. The largest absolute Gasteiger partial charge is 0.444 e. The number of para-hydroxylation sites is 1. The molecule has 1 aliphatic carbocycles. The second-order valence-corrected chi connectivity index (χ2v) is 7.62. The van der Waals surface area contributed by atoms with E-state index >= 15 is 0 Å². The number of carbonyl (C=O) groups is 1. The van der Waals surface area contributed by atoms with Crippen molar-refractivity contribution in [3.05, 3.63) is 64.9 Å². The van der Waals surface area contributed by atoms with E-state index in [0.717, 1.165) is 16.5 Å². The minimum Gasteiger partial charge on any atom is -0.444 e. The van der Waals surface area contributed by atoms with Crippen molar-refractivity contribution >= 4 is 16.7 Å². The zero-order valence-corrected chi connectivity index (χ0v) is 14.7. The van der Waals surface area contributed by atoms with Gasteiger partial charge in [-0.1, -0.05) is 32.0 Å². The Morgan fingerprint density at radius 3 is 2.81 bits per heavy atom. The molecule has 0 fully saturated rings. The lowest BCUT2D eigenvalue weighted by Gasteiger charge is -2.37. The average Bonchev–Trinajstić information content (AvgIpc) is 2.59. The molecule has 2 aromatic rings. The number of allylic oxidation sites excluding steroid dienone is 3. The summed E-state index contributed by atoms with van der Waals surface area (Å²) in [5, 5.41) is 10.6. The minimum atomic E-state index is -0.514. The Bertz CT molecular complexity index is 1040. The van der Waals surface area contributed by atoms with Gasteiger partial charge in [0.1, 0.15) is 17.4 Å². The summed E-state index contributed by atoms with van der Waals surface area (Å²) in [6, 6.07) is 11.7. The maximum Gasteiger partial charge on any atom is 0.205 e. The summed E-state index contributed by atoms with van der Waals surface area (Å²) in [7, 11) is 0. The molecule has 1 aromatic carbocycles. The summed E-state index contributed by atoms with van der Waals surface area (Å²) >= 11 is 0. The number of carbonyl (C=O) groups excluding carboxylic acids is 1. The van der Waals surface area contributed by atoms with E-state index in [1.54, 1.807) is 6.20 Å². The van der Waals surface area contributed by atoms with Gasteiger partial charge in [0.25, 0.3) is 0 Å². The van der Waals surface area contributed by atoms with Gasteiger partial charge < -0.3 is 10.5 Å². The third-order valence-corrected chi connectivity index (χ3v) is 5.07. The van der Waals surface area contributed by atoms with Gasteiger partial charge in [0, 0.05) is 30.0 Å². The average molecular weight is 345 g/mol. The Hall–Kier alpha value is -3.13. The van der Waals surface area contributed by atoms with Crippen molar-refractivity contribution in [1.29, 1.82) is 5.26 Å². The molecule has 1 aliphatic heterocycles. The molecule has 0 radical (unpaired) electrons. The maximum absolute atomic E-state index is 13.0. The smallest absolute Gasteiger partial charge is 0.205 e. The lowest BCUT2D eigenvalue weighted by atomic mass is 9.70. The maximum atomic E-state index is 13.0. The van der Waals surface area contributed by atoms with Crippen molar-refractivity contribution in [3.8, 4) is 6.07 Å². The van der Waals surface area contributed by atoms with Crippen molar-refractivity contribution in [2.75, 3.05) is 0 Å². The number of nitrogens with zero attached hydrogens (tertiary/aromatic N) is 2. The number of pyridine rings is 1. The van der Waals surface area contributed by atoms with Crippen LogP contribution in [0, 0.1) is 16.7 Å². The lowest BCUT2D eigenvalue weighted by Crippen LogP contribution is -2.33. The van der Waals surface area contributed by atoms with E-state index in [2.05, 4.69) is 11.1 Å². The van der Waals surface area contributed by atoms with Crippen LogP contribution in [0.5, 0.6) is 0 Å². The number of fused-ring (bicyclic) bond motifs is 1. The van der Waals surface area contributed by atoms with E-state index in [4.69, 9.17) is 10.5 Å². The van der Waals surface area contributed by atoms with Crippen LogP contribution in [0.2, 0.25) is 0 Å². The fraction of sp³-hybridized carbons (Fsp3) is 0.286. The molecule has 0 saturated heterocycles. The Morgan fingerprint density at radius 1 is 1.27 bits per heavy atom. The van der Waals surface area contributed by atoms with Crippen LogP contribution in [-0.2, 0) is 9.53 Å². The zero-order chi connectivity index (χ0) is 18.5. The lowest BCUT2D eigenvalue weighted by molar-refractivity contribution is -0.119. The number of ether oxygens (including phenoxy) is 1. The van der Waals surface area contributed by atoms with Gasteiger partial charge >= 0.3 is 0 Å². The van der Waals surface area contributed by atoms with Gasteiger partial charge in [-0.05, 0) is 23.1 Å². The summed E-state index contributed by atoms with van der Waals surface area (Å²) in [5.41, 5.74) is 8.41. The highest BCUT2D eigenvalue weighted by Crippen LogP contribution is 2.48. The molecule has 26 heavy (non-hydrogen) atoms. The Labute approximate surface area is 151 Å². The van der Waals surface area contributed by atoms with Crippen molar-refractivity contribution in [2.45, 2.75) is 32.6 Å². The fourth-order valence-corrected chi connectivity index (χ4v) is 3.97. The number of ketones is 1. The molecule has 0 unspecified atom stereocenters. The highest BCUT2D eigenvalue weighted by Gasteiger charge is 2.43. The van der Waals surface area contributed by atoms with Crippen LogP contribution in [0.15, 0.2) is 59.3 Å². The van der Waals surface area contributed by atoms with Crippen molar-refractivity contribution in [3.63, 3.8) is 0 Å². The van der Waals surface area contributed by atoms with Gasteiger partial charge in [0.15, 0.2) is 5.78 Å². The molecule has 0 spiro atoms. The van der Waals surface area contributed by atoms with E-state index in [0.29, 0.717) is 24.2 Å². The molecule has 0 saturated carbocycles. The molecule has 0 bridgehead atoms. The molecular formula is C21H19N3O2.